The highest BCUT2D eigenvalue weighted by molar-refractivity contribution is 5.93. The van der Waals surface area contributed by atoms with E-state index in [0.29, 0.717) is 11.3 Å². The molecule has 146 valence electrons. The summed E-state index contributed by atoms with van der Waals surface area (Å²) in [7, 11) is 0. The van der Waals surface area contributed by atoms with Crippen LogP contribution in [0.1, 0.15) is 29.7 Å². The van der Waals surface area contributed by atoms with Crippen LogP contribution in [0, 0.1) is 6.92 Å². The van der Waals surface area contributed by atoms with Crippen LogP contribution >= 0.6 is 0 Å². The third-order valence-corrected chi connectivity index (χ3v) is 5.02. The fraction of sp³-hybridized carbons (Fsp3) is 0.318. The van der Waals surface area contributed by atoms with Crippen molar-refractivity contribution in [2.24, 2.45) is 0 Å². The number of ether oxygens (including phenoxy) is 1. The number of pyridine rings is 1. The van der Waals surface area contributed by atoms with Crippen molar-refractivity contribution in [1.29, 1.82) is 0 Å². The maximum Gasteiger partial charge on any atom is 0.416 e. The molecule has 0 radical (unpaired) electrons. The van der Waals surface area contributed by atoms with Crippen molar-refractivity contribution in [3.63, 3.8) is 0 Å². The Balaban J connectivity index is 1.53. The molecule has 2 heterocycles. The molecule has 1 saturated heterocycles. The Labute approximate surface area is 161 Å². The van der Waals surface area contributed by atoms with Gasteiger partial charge < -0.3 is 9.64 Å². The van der Waals surface area contributed by atoms with Crippen molar-refractivity contribution in [2.75, 3.05) is 18.0 Å². The minimum absolute atomic E-state index is 0.203. The lowest BCUT2D eigenvalue weighted by Crippen LogP contribution is -2.18. The molecular formula is C22H21F3N2O. The lowest BCUT2D eigenvalue weighted by atomic mass is 10.1. The van der Waals surface area contributed by atoms with Gasteiger partial charge in [-0.15, -0.1) is 0 Å². The average molecular weight is 386 g/mol. The molecule has 0 amide bonds. The zero-order chi connectivity index (χ0) is 19.7. The summed E-state index contributed by atoms with van der Waals surface area (Å²) in [5.41, 5.74) is 3.05. The van der Waals surface area contributed by atoms with Gasteiger partial charge >= 0.3 is 6.18 Å². The van der Waals surface area contributed by atoms with Crippen molar-refractivity contribution in [1.82, 2.24) is 4.98 Å². The Bertz CT molecular complexity index is 977. The summed E-state index contributed by atoms with van der Waals surface area (Å²) in [5.74, 6) is 0.651. The molecule has 6 heteroatoms. The first-order chi connectivity index (χ1) is 13.4. The van der Waals surface area contributed by atoms with Crippen LogP contribution < -0.4 is 9.64 Å². The van der Waals surface area contributed by atoms with Crippen LogP contribution in [0.25, 0.3) is 10.9 Å². The summed E-state index contributed by atoms with van der Waals surface area (Å²) in [5, 5.41) is 1.09. The quantitative estimate of drug-likeness (QED) is 0.572. The van der Waals surface area contributed by atoms with E-state index in [0.717, 1.165) is 41.8 Å². The summed E-state index contributed by atoms with van der Waals surface area (Å²) in [6, 6.07) is 13.0. The molecule has 0 unspecified atom stereocenters. The number of aromatic nitrogens is 1. The second-order valence-electron chi connectivity index (χ2n) is 7.14. The van der Waals surface area contributed by atoms with E-state index in [9.17, 15) is 13.2 Å². The molecule has 0 spiro atoms. The van der Waals surface area contributed by atoms with E-state index in [1.165, 1.54) is 30.7 Å². The smallest absolute Gasteiger partial charge is 0.416 e. The number of rotatable bonds is 4. The third kappa shape index (κ3) is 3.91. The van der Waals surface area contributed by atoms with Crippen LogP contribution in [0.15, 0.2) is 48.5 Å². The summed E-state index contributed by atoms with van der Waals surface area (Å²) in [4.78, 5) is 7.02. The van der Waals surface area contributed by atoms with Gasteiger partial charge in [-0.3, -0.25) is 4.98 Å². The van der Waals surface area contributed by atoms with Crippen LogP contribution in [0.5, 0.6) is 5.75 Å². The predicted molar refractivity (Wildman–Crippen MR) is 104 cm³/mol. The van der Waals surface area contributed by atoms with Gasteiger partial charge in [-0.2, -0.15) is 13.2 Å². The fourth-order valence-electron chi connectivity index (χ4n) is 3.58. The van der Waals surface area contributed by atoms with Crippen LogP contribution in [-0.4, -0.2) is 18.1 Å². The molecule has 3 aromatic rings. The maximum absolute atomic E-state index is 12.7. The molecule has 0 saturated carbocycles. The molecular weight excluding hydrogens is 365 g/mol. The lowest BCUT2D eigenvalue weighted by molar-refractivity contribution is -0.137. The van der Waals surface area contributed by atoms with E-state index in [-0.39, 0.29) is 6.61 Å². The number of nitrogens with zero attached hydrogens (tertiary/aromatic N) is 2. The first kappa shape index (κ1) is 18.6. The summed E-state index contributed by atoms with van der Waals surface area (Å²) < 4.78 is 43.8. The van der Waals surface area contributed by atoms with Gasteiger partial charge in [-0.25, -0.2) is 0 Å². The largest absolute Gasteiger partial charge is 0.489 e. The van der Waals surface area contributed by atoms with Gasteiger partial charge in [0, 0.05) is 35.9 Å². The van der Waals surface area contributed by atoms with E-state index in [4.69, 9.17) is 4.74 Å². The van der Waals surface area contributed by atoms with Crippen molar-refractivity contribution in [3.05, 3.63) is 65.4 Å². The van der Waals surface area contributed by atoms with Gasteiger partial charge in [0.2, 0.25) is 0 Å². The van der Waals surface area contributed by atoms with Gasteiger partial charge in [0.25, 0.3) is 0 Å². The van der Waals surface area contributed by atoms with E-state index in [1.54, 1.807) is 0 Å². The van der Waals surface area contributed by atoms with Crippen molar-refractivity contribution < 1.29 is 17.9 Å². The Hall–Kier alpha value is -2.76. The normalized spacial score (nSPS) is 14.6. The highest BCUT2D eigenvalue weighted by Gasteiger charge is 2.29. The molecule has 3 nitrogen and oxygen atoms in total. The van der Waals surface area contributed by atoms with Crippen LogP contribution in [-0.2, 0) is 12.8 Å². The number of hydrogen-bond acceptors (Lipinski definition) is 3. The first-order valence-corrected chi connectivity index (χ1v) is 9.35. The highest BCUT2D eigenvalue weighted by Crippen LogP contribution is 2.32. The van der Waals surface area contributed by atoms with Crippen LogP contribution in [0.3, 0.4) is 0 Å². The number of anilines is 1. The van der Waals surface area contributed by atoms with Gasteiger partial charge in [0.1, 0.15) is 12.4 Å². The monoisotopic (exact) mass is 386 g/mol. The van der Waals surface area contributed by atoms with E-state index in [1.807, 2.05) is 25.1 Å². The Kier molecular flexibility index (Phi) is 4.87. The minimum atomic E-state index is -4.33. The summed E-state index contributed by atoms with van der Waals surface area (Å²) in [6.45, 7) is 4.30. The molecule has 0 aliphatic carbocycles. The van der Waals surface area contributed by atoms with Crippen molar-refractivity contribution in [3.8, 4) is 5.75 Å². The summed E-state index contributed by atoms with van der Waals surface area (Å²) in [6.07, 6.45) is -1.91. The standard InChI is InChI=1S/C22H21F3N2O/c1-15-12-21(27-10-2-3-11-27)19-9-8-18(13-20(19)26-15)28-14-16-4-6-17(7-5-16)22(23,24)25/h4-9,12-13H,2-3,10-11,14H2,1H3. The van der Waals surface area contributed by atoms with E-state index >= 15 is 0 Å². The topological polar surface area (TPSA) is 25.4 Å². The number of hydrogen-bond donors (Lipinski definition) is 0. The molecule has 2 aromatic carbocycles. The van der Waals surface area contributed by atoms with E-state index in [2.05, 4.69) is 16.0 Å². The van der Waals surface area contributed by atoms with E-state index < -0.39 is 11.7 Å². The number of halogens is 3. The molecule has 1 aliphatic heterocycles. The second-order valence-corrected chi connectivity index (χ2v) is 7.14. The molecule has 28 heavy (non-hydrogen) atoms. The average Bonchev–Trinajstić information content (AvgIpc) is 3.19. The highest BCUT2D eigenvalue weighted by atomic mass is 19.4. The molecule has 1 aromatic heterocycles. The third-order valence-electron chi connectivity index (χ3n) is 5.02. The Morgan fingerprint density at radius 1 is 1.00 bits per heavy atom. The zero-order valence-electron chi connectivity index (χ0n) is 15.6. The SMILES string of the molecule is Cc1cc(N2CCCC2)c2ccc(OCc3ccc(C(F)(F)F)cc3)cc2n1. The van der Waals surface area contributed by atoms with Crippen molar-refractivity contribution in [2.45, 2.75) is 32.5 Å². The van der Waals surface area contributed by atoms with Gasteiger partial charge in [0.15, 0.2) is 0 Å². The number of fused-ring (bicyclic) bond motifs is 1. The molecule has 0 bridgehead atoms. The van der Waals surface area contributed by atoms with Gasteiger partial charge in [-0.05, 0) is 55.7 Å². The lowest BCUT2D eigenvalue weighted by Gasteiger charge is -2.20. The zero-order valence-corrected chi connectivity index (χ0v) is 15.6. The number of benzene rings is 2. The van der Waals surface area contributed by atoms with Crippen molar-refractivity contribution >= 4 is 16.6 Å². The first-order valence-electron chi connectivity index (χ1n) is 9.35. The predicted octanol–water partition coefficient (Wildman–Crippen LogP) is 5.74. The molecule has 1 fully saturated rings. The molecule has 0 N–H and O–H groups in total. The molecule has 0 atom stereocenters. The Morgan fingerprint density at radius 2 is 1.71 bits per heavy atom. The Morgan fingerprint density at radius 3 is 2.39 bits per heavy atom. The number of alkyl halides is 3. The van der Waals surface area contributed by atoms with Gasteiger partial charge in [-0.1, -0.05) is 12.1 Å². The fourth-order valence-corrected chi connectivity index (χ4v) is 3.58. The molecule has 4 rings (SSSR count). The second kappa shape index (κ2) is 7.34. The molecule has 1 aliphatic rings. The van der Waals surface area contributed by atoms with Crippen LogP contribution in [0.4, 0.5) is 18.9 Å². The van der Waals surface area contributed by atoms with Crippen LogP contribution in [0.2, 0.25) is 0 Å². The minimum Gasteiger partial charge on any atom is -0.489 e. The van der Waals surface area contributed by atoms with Gasteiger partial charge in [0.05, 0.1) is 11.1 Å². The summed E-state index contributed by atoms with van der Waals surface area (Å²) >= 11 is 0. The number of aryl methyl sites for hydroxylation is 1. The maximum atomic E-state index is 12.7.